The normalized spacial score (nSPS) is 26.0. The van der Waals surface area contributed by atoms with Gasteiger partial charge in [0.2, 0.25) is 5.91 Å². The zero-order valence-corrected chi connectivity index (χ0v) is 39.9. The number of carbonyl (C=O) groups excluding carboxylic acids is 3. The van der Waals surface area contributed by atoms with Crippen LogP contribution in [0.15, 0.2) is 24.3 Å². The van der Waals surface area contributed by atoms with Crippen molar-refractivity contribution in [2.75, 3.05) is 83.3 Å². The minimum Gasteiger partial charge on any atom is -0.493 e. The van der Waals surface area contributed by atoms with Gasteiger partial charge in [-0.2, -0.15) is 29.5 Å². The number of carbonyl (C=O) groups is 3. The molecular formula is C41H57F2N4O14PS3. The second-order valence-electron chi connectivity index (χ2n) is 17.0. The molecule has 2 heterocycles. The standard InChI is InChI=1S/C41H57F2N4O14PS3/c1-46(37(48)7-5-14-63)8-6-9-47(2)62(51,12-10-60-35-21-31-29(19-33(35)58-3)38(49)25-15-23(42)17-27(25)40(44-31)64(52,53)54)13-11-61-36-22-32-30(20-34(36)59-4)39(50)26-16-24(43)18-28(26)41(45-32)65(55,56)57/h19-28,40-41,44-45,63H,5-18H2,1-4H3,(H,52,53,54)(H,55,56,57)/t23-,24-,25?,26?,27-,28-,40?,41?,62?/m1/s1. The van der Waals surface area contributed by atoms with Gasteiger partial charge in [-0.05, 0) is 63.5 Å². The maximum Gasteiger partial charge on any atom is 0.286 e. The van der Waals surface area contributed by atoms with Gasteiger partial charge < -0.3 is 39.0 Å². The number of ether oxygens (including phenoxy) is 4. The minimum atomic E-state index is -4.80. The summed E-state index contributed by atoms with van der Waals surface area (Å²) in [6.07, 6.45) is -2.55. The number of rotatable bonds is 20. The second kappa shape index (κ2) is 20.6. The van der Waals surface area contributed by atoms with Crippen molar-refractivity contribution in [2.24, 2.45) is 23.7 Å². The second-order valence-corrected chi connectivity index (χ2v) is 23.8. The Morgan fingerprint density at radius 2 is 1.20 bits per heavy atom. The van der Waals surface area contributed by atoms with E-state index in [9.17, 15) is 49.1 Å². The molecule has 4 N–H and O–H groups in total. The Labute approximate surface area is 383 Å². The number of benzene rings is 2. The number of amides is 1. The summed E-state index contributed by atoms with van der Waals surface area (Å²) in [5.41, 5.74) is 0.0874. The number of hydrogen-bond acceptors (Lipinski definition) is 15. The van der Waals surface area contributed by atoms with Crippen LogP contribution >= 0.6 is 19.9 Å². The van der Waals surface area contributed by atoms with Gasteiger partial charge >= 0.3 is 0 Å². The quantitative estimate of drug-likeness (QED) is 0.0642. The van der Waals surface area contributed by atoms with E-state index < -0.39 is 85.9 Å². The van der Waals surface area contributed by atoms with E-state index in [0.29, 0.717) is 31.6 Å². The molecule has 0 aromatic heterocycles. The van der Waals surface area contributed by atoms with E-state index in [-0.39, 0.29) is 109 Å². The Morgan fingerprint density at radius 3 is 1.60 bits per heavy atom. The van der Waals surface area contributed by atoms with Gasteiger partial charge in [0.1, 0.15) is 12.3 Å². The molecule has 18 nitrogen and oxygen atoms in total. The van der Waals surface area contributed by atoms with Gasteiger partial charge in [0.05, 0.1) is 38.8 Å². The lowest BCUT2D eigenvalue weighted by atomic mass is 9.89. The van der Waals surface area contributed by atoms with Gasteiger partial charge in [-0.3, -0.25) is 28.2 Å². The molecule has 6 rings (SSSR count). The lowest BCUT2D eigenvalue weighted by molar-refractivity contribution is -0.129. The molecule has 0 bridgehead atoms. The number of nitrogens with one attached hydrogen (secondary N) is 2. The minimum absolute atomic E-state index is 0.0172. The number of ketones is 2. The van der Waals surface area contributed by atoms with Crippen molar-refractivity contribution in [1.82, 2.24) is 9.57 Å². The first-order valence-electron chi connectivity index (χ1n) is 21.3. The molecule has 2 aliphatic heterocycles. The van der Waals surface area contributed by atoms with Crippen LogP contribution in [0.25, 0.3) is 0 Å². The summed E-state index contributed by atoms with van der Waals surface area (Å²) in [6.45, 7) is 0.255. The Bertz CT molecular complexity index is 2260. The number of hydrogen-bond donors (Lipinski definition) is 5. The molecule has 4 aliphatic rings. The van der Waals surface area contributed by atoms with E-state index in [1.807, 2.05) is 0 Å². The summed E-state index contributed by atoms with van der Waals surface area (Å²) in [5.74, 6) is -4.36. The molecule has 8 atom stereocenters. The molecule has 0 saturated heterocycles. The molecule has 2 aromatic carbocycles. The monoisotopic (exact) mass is 994 g/mol. The summed E-state index contributed by atoms with van der Waals surface area (Å²) in [5, 5.41) is 2.11. The molecule has 4 unspecified atom stereocenters. The number of thiol groups is 1. The molecule has 2 saturated carbocycles. The van der Waals surface area contributed by atoms with Gasteiger partial charge in [-0.15, -0.1) is 0 Å². The molecule has 2 aliphatic carbocycles. The highest BCUT2D eigenvalue weighted by Crippen LogP contribution is 2.51. The van der Waals surface area contributed by atoms with Gasteiger partial charge in [0.15, 0.2) is 52.6 Å². The number of methoxy groups -OCH3 is 2. The Hall–Kier alpha value is -3.73. The Morgan fingerprint density at radius 1 is 0.754 bits per heavy atom. The van der Waals surface area contributed by atoms with Crippen molar-refractivity contribution in [3.05, 3.63) is 35.4 Å². The number of fused-ring (bicyclic) bond motifs is 4. The third-order valence-electron chi connectivity index (χ3n) is 12.9. The van der Waals surface area contributed by atoms with Crippen LogP contribution in [0.2, 0.25) is 0 Å². The van der Waals surface area contributed by atoms with Crippen molar-refractivity contribution in [2.45, 2.75) is 68.0 Å². The third-order valence-corrected chi connectivity index (χ3v) is 18.6. The molecule has 0 spiro atoms. The van der Waals surface area contributed by atoms with Crippen LogP contribution in [0.4, 0.5) is 20.2 Å². The van der Waals surface area contributed by atoms with Crippen LogP contribution in [-0.4, -0.2) is 149 Å². The lowest BCUT2D eigenvalue weighted by Gasteiger charge is -2.29. The average molecular weight is 995 g/mol. The van der Waals surface area contributed by atoms with Crippen LogP contribution in [0.1, 0.15) is 65.7 Å². The molecule has 2 aromatic rings. The van der Waals surface area contributed by atoms with Gasteiger partial charge in [0.25, 0.3) is 20.2 Å². The number of alkyl halides is 2. The number of anilines is 2. The lowest BCUT2D eigenvalue weighted by Crippen LogP contribution is -2.38. The molecule has 362 valence electrons. The zero-order chi connectivity index (χ0) is 47.6. The first kappa shape index (κ1) is 50.7. The topological polar surface area (TPSA) is 244 Å². The predicted octanol–water partition coefficient (Wildman–Crippen LogP) is 5.30. The fraction of sp³-hybridized carbons (Fsp3) is 0.634. The molecule has 65 heavy (non-hydrogen) atoms. The fourth-order valence-electron chi connectivity index (χ4n) is 9.42. The SMILES string of the molecule is COc1cc2c(cc1OCCP(=O)(CCOc1cc3c(cc1OC)C(=O)C1C[C@@H](F)C[C@H]1C(S(=O)(=O)O)N3)N(C)CCCN(C)C(=O)CCCS)NC(S(=O)(=O)O)[C@@H]1C[C@H](F)CC1C2=O. The van der Waals surface area contributed by atoms with E-state index in [2.05, 4.69) is 23.3 Å². The number of nitrogens with zero attached hydrogens (tertiary/aromatic N) is 2. The summed E-state index contributed by atoms with van der Waals surface area (Å²) >= 11 is 4.17. The van der Waals surface area contributed by atoms with Gasteiger partial charge in [-0.25, -0.2) is 8.78 Å². The van der Waals surface area contributed by atoms with Crippen LogP contribution in [0, 0.1) is 23.7 Å². The van der Waals surface area contributed by atoms with Crippen molar-refractivity contribution < 1.29 is 72.6 Å². The molecule has 0 radical (unpaired) electrons. The van der Waals surface area contributed by atoms with Gasteiger partial charge in [-0.1, -0.05) is 0 Å². The van der Waals surface area contributed by atoms with E-state index >= 15 is 4.57 Å². The molecular weight excluding hydrogens is 938 g/mol. The summed E-state index contributed by atoms with van der Waals surface area (Å²) in [6, 6.07) is 5.38. The fourth-order valence-corrected chi connectivity index (χ4v) is 13.8. The molecule has 1 amide bonds. The maximum atomic E-state index is 15.0. The van der Waals surface area contributed by atoms with Crippen LogP contribution in [0.3, 0.4) is 0 Å². The zero-order valence-electron chi connectivity index (χ0n) is 36.5. The smallest absolute Gasteiger partial charge is 0.286 e. The highest BCUT2D eigenvalue weighted by atomic mass is 32.2. The van der Waals surface area contributed by atoms with Crippen LogP contribution in [0.5, 0.6) is 23.0 Å². The van der Waals surface area contributed by atoms with E-state index in [1.54, 1.807) is 23.7 Å². The average Bonchev–Trinajstić information content (AvgIpc) is 3.77. The Balaban J connectivity index is 1.22. The highest BCUT2D eigenvalue weighted by Gasteiger charge is 2.51. The summed E-state index contributed by atoms with van der Waals surface area (Å²) < 4.78 is 139. The first-order chi connectivity index (χ1) is 30.6. The van der Waals surface area contributed by atoms with Crippen molar-refractivity contribution in [3.8, 4) is 23.0 Å². The van der Waals surface area contributed by atoms with E-state index in [1.165, 1.54) is 38.5 Å². The molecule has 24 heteroatoms. The van der Waals surface area contributed by atoms with Crippen molar-refractivity contribution in [3.63, 3.8) is 0 Å². The third kappa shape index (κ3) is 11.4. The summed E-state index contributed by atoms with van der Waals surface area (Å²) in [4.78, 5) is 41.5. The van der Waals surface area contributed by atoms with Gasteiger partial charge in [0, 0.05) is 85.8 Å². The van der Waals surface area contributed by atoms with Crippen LogP contribution in [-0.2, 0) is 29.6 Å². The highest BCUT2D eigenvalue weighted by molar-refractivity contribution is 7.86. The van der Waals surface area contributed by atoms with Crippen LogP contribution < -0.4 is 29.6 Å². The van der Waals surface area contributed by atoms with Crippen molar-refractivity contribution in [1.29, 1.82) is 0 Å². The first-order valence-corrected chi connectivity index (χ1v) is 26.9. The molecule has 2 fully saturated rings. The van der Waals surface area contributed by atoms with E-state index in [4.69, 9.17) is 18.9 Å². The summed E-state index contributed by atoms with van der Waals surface area (Å²) in [7, 11) is -7.07. The Kier molecular flexibility index (Phi) is 16.1. The number of halogens is 2. The number of Topliss-reactive ketones (excluding diaryl/α,β-unsaturated/α-hetero) is 2. The largest absolute Gasteiger partial charge is 0.493 e. The van der Waals surface area contributed by atoms with E-state index in [0.717, 1.165) is 0 Å². The maximum absolute atomic E-state index is 15.0. The predicted molar refractivity (Wildman–Crippen MR) is 241 cm³/mol. The van der Waals surface area contributed by atoms with Crippen molar-refractivity contribution >= 4 is 69.0 Å².